The van der Waals surface area contributed by atoms with Crippen LogP contribution in [0.5, 0.6) is 0 Å². The molecule has 2 rings (SSSR count). The van der Waals surface area contributed by atoms with E-state index in [9.17, 15) is 4.79 Å². The first kappa shape index (κ1) is 9.65. The molecule has 0 bridgehead atoms. The lowest BCUT2D eigenvalue weighted by Crippen LogP contribution is -2.14. The van der Waals surface area contributed by atoms with Crippen LogP contribution in [0.3, 0.4) is 0 Å². The largest absolute Gasteiger partial charge is 0.350 e. The van der Waals surface area contributed by atoms with Crippen LogP contribution in [-0.2, 0) is 6.42 Å². The number of aromatic nitrogens is 2. The maximum atomic E-state index is 11.5. The molecule has 1 aromatic carbocycles. The van der Waals surface area contributed by atoms with E-state index in [-0.39, 0.29) is 5.56 Å². The van der Waals surface area contributed by atoms with E-state index in [1.807, 2.05) is 30.3 Å². The molecular formula is C12H12N2O. The maximum Gasteiger partial charge on any atom is 0.276 e. The fourth-order valence-electron chi connectivity index (χ4n) is 1.45. The van der Waals surface area contributed by atoms with E-state index in [4.69, 9.17) is 0 Å². The van der Waals surface area contributed by atoms with Crippen LogP contribution in [0, 0.1) is 6.92 Å². The Balaban J connectivity index is 2.29. The Morgan fingerprint density at radius 1 is 1.27 bits per heavy atom. The molecule has 0 aliphatic carbocycles. The van der Waals surface area contributed by atoms with Gasteiger partial charge in [0, 0.05) is 18.2 Å². The number of rotatable bonds is 2. The van der Waals surface area contributed by atoms with Crippen molar-refractivity contribution < 1.29 is 0 Å². The highest BCUT2D eigenvalue weighted by Gasteiger charge is 2.01. The highest BCUT2D eigenvalue weighted by atomic mass is 16.1. The first-order valence-corrected chi connectivity index (χ1v) is 4.85. The lowest BCUT2D eigenvalue weighted by molar-refractivity contribution is 0.966. The molecule has 0 saturated heterocycles. The highest BCUT2D eigenvalue weighted by molar-refractivity contribution is 5.22. The summed E-state index contributed by atoms with van der Waals surface area (Å²) in [4.78, 5) is 18.3. The molecule has 3 nitrogen and oxygen atoms in total. The summed E-state index contributed by atoms with van der Waals surface area (Å²) in [5.74, 6) is 0.650. The molecule has 0 saturated carbocycles. The number of hydrogen-bond acceptors (Lipinski definition) is 2. The average molecular weight is 200 g/mol. The molecule has 15 heavy (non-hydrogen) atoms. The van der Waals surface area contributed by atoms with E-state index in [1.54, 1.807) is 13.1 Å². The monoisotopic (exact) mass is 200 g/mol. The summed E-state index contributed by atoms with van der Waals surface area (Å²) in [6, 6.07) is 9.88. The molecule has 0 aliphatic heterocycles. The van der Waals surface area contributed by atoms with Gasteiger partial charge >= 0.3 is 0 Å². The SMILES string of the molecule is Cc1nc(=O)c(Cc2ccccc2)c[nH]1. The number of hydrogen-bond donors (Lipinski definition) is 1. The van der Waals surface area contributed by atoms with Gasteiger partial charge in [-0.2, -0.15) is 4.98 Å². The molecule has 2 aromatic rings. The third-order valence-electron chi connectivity index (χ3n) is 2.24. The first-order valence-electron chi connectivity index (χ1n) is 4.85. The zero-order chi connectivity index (χ0) is 10.7. The van der Waals surface area contributed by atoms with Crippen LogP contribution < -0.4 is 5.56 Å². The van der Waals surface area contributed by atoms with Gasteiger partial charge in [-0.25, -0.2) is 0 Å². The molecule has 1 N–H and O–H groups in total. The van der Waals surface area contributed by atoms with Gasteiger partial charge in [-0.15, -0.1) is 0 Å². The van der Waals surface area contributed by atoms with Gasteiger partial charge in [0.1, 0.15) is 5.82 Å². The number of nitrogens with one attached hydrogen (secondary N) is 1. The third-order valence-corrected chi connectivity index (χ3v) is 2.24. The number of H-pyrrole nitrogens is 1. The lowest BCUT2D eigenvalue weighted by atomic mass is 10.1. The summed E-state index contributed by atoms with van der Waals surface area (Å²) in [7, 11) is 0. The van der Waals surface area contributed by atoms with Crippen molar-refractivity contribution in [3.63, 3.8) is 0 Å². The summed E-state index contributed by atoms with van der Waals surface area (Å²) < 4.78 is 0. The first-order chi connectivity index (χ1) is 7.25. The van der Waals surface area contributed by atoms with Gasteiger partial charge in [-0.1, -0.05) is 30.3 Å². The van der Waals surface area contributed by atoms with Crippen molar-refractivity contribution in [3.8, 4) is 0 Å². The Morgan fingerprint density at radius 2 is 2.00 bits per heavy atom. The minimum Gasteiger partial charge on any atom is -0.350 e. The summed E-state index contributed by atoms with van der Waals surface area (Å²) in [6.07, 6.45) is 2.36. The minimum atomic E-state index is -0.143. The van der Waals surface area contributed by atoms with Crippen molar-refractivity contribution in [1.82, 2.24) is 9.97 Å². The van der Waals surface area contributed by atoms with Gasteiger partial charge in [0.05, 0.1) is 0 Å². The average Bonchev–Trinajstić information content (AvgIpc) is 2.24. The zero-order valence-corrected chi connectivity index (χ0v) is 8.53. The van der Waals surface area contributed by atoms with Crippen molar-refractivity contribution in [3.05, 3.63) is 63.8 Å². The van der Waals surface area contributed by atoms with Gasteiger partial charge in [-0.3, -0.25) is 4.79 Å². The fourth-order valence-corrected chi connectivity index (χ4v) is 1.45. The lowest BCUT2D eigenvalue weighted by Gasteiger charge is -2.00. The summed E-state index contributed by atoms with van der Waals surface area (Å²) in [6.45, 7) is 1.77. The summed E-state index contributed by atoms with van der Waals surface area (Å²) in [5.41, 5.74) is 1.68. The number of aromatic amines is 1. The molecular weight excluding hydrogens is 188 g/mol. The Hall–Kier alpha value is -1.90. The van der Waals surface area contributed by atoms with E-state index < -0.39 is 0 Å². The predicted molar refractivity (Wildman–Crippen MR) is 58.8 cm³/mol. The molecule has 0 unspecified atom stereocenters. The van der Waals surface area contributed by atoms with Crippen LogP contribution in [0.4, 0.5) is 0 Å². The van der Waals surface area contributed by atoms with E-state index >= 15 is 0 Å². The topological polar surface area (TPSA) is 45.8 Å². The van der Waals surface area contributed by atoms with Crippen molar-refractivity contribution in [2.24, 2.45) is 0 Å². The minimum absolute atomic E-state index is 0.143. The fraction of sp³-hybridized carbons (Fsp3) is 0.167. The Labute approximate surface area is 87.8 Å². The second-order valence-corrected chi connectivity index (χ2v) is 3.48. The van der Waals surface area contributed by atoms with E-state index in [0.29, 0.717) is 17.8 Å². The van der Waals surface area contributed by atoms with Crippen LogP contribution in [0.15, 0.2) is 41.3 Å². The van der Waals surface area contributed by atoms with Gasteiger partial charge in [0.15, 0.2) is 0 Å². The van der Waals surface area contributed by atoms with Crippen LogP contribution >= 0.6 is 0 Å². The quantitative estimate of drug-likeness (QED) is 0.801. The van der Waals surface area contributed by atoms with Crippen molar-refractivity contribution >= 4 is 0 Å². The van der Waals surface area contributed by atoms with Gasteiger partial charge in [0.25, 0.3) is 5.56 Å². The van der Waals surface area contributed by atoms with Gasteiger partial charge in [-0.05, 0) is 12.5 Å². The summed E-state index contributed by atoms with van der Waals surface area (Å²) >= 11 is 0. The Morgan fingerprint density at radius 3 is 2.67 bits per heavy atom. The number of aryl methyl sites for hydroxylation is 1. The van der Waals surface area contributed by atoms with Crippen LogP contribution in [0.25, 0.3) is 0 Å². The molecule has 0 amide bonds. The highest BCUT2D eigenvalue weighted by Crippen LogP contribution is 2.04. The van der Waals surface area contributed by atoms with Crippen molar-refractivity contribution in [2.75, 3.05) is 0 Å². The molecule has 0 radical (unpaired) electrons. The zero-order valence-electron chi connectivity index (χ0n) is 8.53. The number of benzene rings is 1. The molecule has 0 spiro atoms. The van der Waals surface area contributed by atoms with E-state index in [1.165, 1.54) is 0 Å². The Bertz CT molecular complexity index is 503. The van der Waals surface area contributed by atoms with Crippen LogP contribution in [0.2, 0.25) is 0 Å². The predicted octanol–water partition coefficient (Wildman–Crippen LogP) is 1.67. The molecule has 3 heteroatoms. The maximum absolute atomic E-state index is 11.5. The molecule has 1 heterocycles. The molecule has 0 atom stereocenters. The summed E-state index contributed by atoms with van der Waals surface area (Å²) in [5, 5.41) is 0. The van der Waals surface area contributed by atoms with Crippen LogP contribution in [0.1, 0.15) is 17.0 Å². The molecule has 76 valence electrons. The van der Waals surface area contributed by atoms with Gasteiger partial charge < -0.3 is 4.98 Å². The molecule has 1 aromatic heterocycles. The van der Waals surface area contributed by atoms with E-state index in [2.05, 4.69) is 9.97 Å². The van der Waals surface area contributed by atoms with Gasteiger partial charge in [0.2, 0.25) is 0 Å². The van der Waals surface area contributed by atoms with Crippen molar-refractivity contribution in [2.45, 2.75) is 13.3 Å². The van der Waals surface area contributed by atoms with E-state index in [0.717, 1.165) is 5.56 Å². The van der Waals surface area contributed by atoms with Crippen molar-refractivity contribution in [1.29, 1.82) is 0 Å². The van der Waals surface area contributed by atoms with Crippen LogP contribution in [-0.4, -0.2) is 9.97 Å². The number of nitrogens with zero attached hydrogens (tertiary/aromatic N) is 1. The second-order valence-electron chi connectivity index (χ2n) is 3.48. The molecule has 0 fully saturated rings. The standard InChI is InChI=1S/C12H12N2O/c1-9-13-8-11(12(15)14-9)7-10-5-3-2-4-6-10/h2-6,8H,7H2,1H3,(H,13,14,15). The normalized spacial score (nSPS) is 10.2. The molecule has 0 aliphatic rings. The second kappa shape index (κ2) is 4.09. The third kappa shape index (κ3) is 2.31. The Kier molecular flexibility index (Phi) is 2.63. The smallest absolute Gasteiger partial charge is 0.276 e.